The molecule has 162 valence electrons. The third-order valence-electron chi connectivity index (χ3n) is 4.63. The van der Waals surface area contributed by atoms with E-state index in [0.29, 0.717) is 22.4 Å². The maximum atomic E-state index is 14.5. The van der Waals surface area contributed by atoms with E-state index in [9.17, 15) is 18.0 Å². The number of nitrogens with two attached hydrogens (primary N) is 1. The van der Waals surface area contributed by atoms with E-state index in [4.69, 9.17) is 20.6 Å². The Balaban J connectivity index is 2.73. The molecule has 0 aromatic heterocycles. The molecule has 0 aliphatic carbocycles. The van der Waals surface area contributed by atoms with Gasteiger partial charge in [-0.25, -0.2) is 4.79 Å². The summed E-state index contributed by atoms with van der Waals surface area (Å²) in [5.74, 6) is -1.27. The van der Waals surface area contributed by atoms with Crippen molar-refractivity contribution in [1.82, 2.24) is 0 Å². The van der Waals surface area contributed by atoms with Crippen LogP contribution in [-0.4, -0.2) is 31.7 Å². The van der Waals surface area contributed by atoms with Crippen molar-refractivity contribution in [3.63, 3.8) is 0 Å². The van der Waals surface area contributed by atoms with Gasteiger partial charge in [0.25, 0.3) is 5.54 Å². The van der Waals surface area contributed by atoms with Crippen LogP contribution in [0.25, 0.3) is 0 Å². The molecule has 0 fully saturated rings. The van der Waals surface area contributed by atoms with Gasteiger partial charge < -0.3 is 20.5 Å². The van der Waals surface area contributed by atoms with Gasteiger partial charge in [0.2, 0.25) is 0 Å². The van der Waals surface area contributed by atoms with Crippen molar-refractivity contribution in [3.05, 3.63) is 58.7 Å². The Kier molecular flexibility index (Phi) is 6.64. The predicted molar refractivity (Wildman–Crippen MR) is 108 cm³/mol. The molecule has 0 radical (unpaired) electrons. The first-order valence-electron chi connectivity index (χ1n) is 9.10. The van der Waals surface area contributed by atoms with Crippen molar-refractivity contribution < 1.29 is 27.4 Å². The Morgan fingerprint density at radius 2 is 1.67 bits per heavy atom. The maximum absolute atomic E-state index is 14.5. The lowest BCUT2D eigenvalue weighted by molar-refractivity contribution is -0.203. The number of alkyl halides is 3. The van der Waals surface area contributed by atoms with Crippen LogP contribution in [-0.2, 0) is 15.1 Å². The molecule has 1 atom stereocenters. The van der Waals surface area contributed by atoms with Crippen LogP contribution < -0.4 is 15.8 Å². The van der Waals surface area contributed by atoms with Gasteiger partial charge in [0, 0.05) is 11.3 Å². The Morgan fingerprint density at radius 1 is 1.13 bits per heavy atom. The highest BCUT2D eigenvalue weighted by molar-refractivity contribution is 5.95. The minimum Gasteiger partial charge on any atom is -0.496 e. The molecule has 0 bridgehead atoms. The molecule has 2 aromatic rings. The fourth-order valence-electron chi connectivity index (χ4n) is 3.27. The molecule has 1 unspecified atom stereocenters. The highest BCUT2D eigenvalue weighted by Crippen LogP contribution is 2.44. The van der Waals surface area contributed by atoms with Crippen molar-refractivity contribution in [3.8, 4) is 5.75 Å². The first kappa shape index (κ1) is 23.1. The summed E-state index contributed by atoms with van der Waals surface area (Å²) in [7, 11) is 1.42. The predicted octanol–water partition coefficient (Wildman–Crippen LogP) is 4.03. The van der Waals surface area contributed by atoms with Gasteiger partial charge in [0.1, 0.15) is 11.6 Å². The SMILES string of the molecule is CCOC(=O)C(Nc1ccc(C(=N)N)cc1)(c1cc(C)c(OC)c(C)c1)C(F)(F)F. The number of carbonyl (C=O) groups is 1. The number of aryl methyl sites for hydroxylation is 2. The van der Waals surface area contributed by atoms with Crippen LogP contribution in [0.4, 0.5) is 18.9 Å². The first-order valence-corrected chi connectivity index (χ1v) is 9.10. The molecule has 6 nitrogen and oxygen atoms in total. The number of anilines is 1. The topological polar surface area (TPSA) is 97.4 Å². The molecule has 4 N–H and O–H groups in total. The molecule has 0 spiro atoms. The molecule has 2 rings (SSSR count). The average Bonchev–Trinajstić information content (AvgIpc) is 2.65. The number of esters is 1. The number of hydrogen-bond acceptors (Lipinski definition) is 5. The van der Waals surface area contributed by atoms with Crippen LogP contribution in [0.15, 0.2) is 36.4 Å². The highest BCUT2D eigenvalue weighted by atomic mass is 19.4. The number of methoxy groups -OCH3 is 1. The standard InChI is InChI=1S/C21H24F3N3O3/c1-5-30-19(28)20(21(22,23)24,15-10-12(2)17(29-4)13(3)11-15)27-16-8-6-14(7-9-16)18(25)26/h6-11,27H,5H2,1-4H3,(H3,25,26). The summed E-state index contributed by atoms with van der Waals surface area (Å²) >= 11 is 0. The lowest BCUT2D eigenvalue weighted by atomic mass is 9.86. The molecule has 9 heteroatoms. The van der Waals surface area contributed by atoms with Crippen LogP contribution >= 0.6 is 0 Å². The van der Waals surface area contributed by atoms with Crippen molar-refractivity contribution in [2.45, 2.75) is 32.5 Å². The van der Waals surface area contributed by atoms with Gasteiger partial charge in [0.15, 0.2) is 0 Å². The summed E-state index contributed by atoms with van der Waals surface area (Å²) in [6.07, 6.45) is -5.04. The second-order valence-electron chi connectivity index (χ2n) is 6.73. The van der Waals surface area contributed by atoms with Crippen molar-refractivity contribution >= 4 is 17.5 Å². The number of hydrogen-bond donors (Lipinski definition) is 3. The van der Waals surface area contributed by atoms with Gasteiger partial charge in [-0.2, -0.15) is 13.2 Å². The number of amidine groups is 1. The summed E-state index contributed by atoms with van der Waals surface area (Å²) in [6.45, 7) is 4.41. The van der Waals surface area contributed by atoms with Gasteiger partial charge >= 0.3 is 12.1 Å². The number of nitrogen functional groups attached to an aromatic ring is 1. The summed E-state index contributed by atoms with van der Waals surface area (Å²) < 4.78 is 53.7. The first-order chi connectivity index (χ1) is 14.0. The van der Waals surface area contributed by atoms with Gasteiger partial charge in [-0.3, -0.25) is 5.41 Å². The smallest absolute Gasteiger partial charge is 0.426 e. The van der Waals surface area contributed by atoms with Crippen molar-refractivity contribution in [1.29, 1.82) is 5.41 Å². The molecule has 0 saturated carbocycles. The molecule has 2 aromatic carbocycles. The summed E-state index contributed by atoms with van der Waals surface area (Å²) in [5.41, 5.74) is 3.16. The minimum atomic E-state index is -5.04. The molecule has 0 amide bonds. The van der Waals surface area contributed by atoms with Crippen LogP contribution in [0.1, 0.15) is 29.2 Å². The van der Waals surface area contributed by atoms with Crippen LogP contribution in [0, 0.1) is 19.3 Å². The van der Waals surface area contributed by atoms with E-state index in [0.717, 1.165) is 0 Å². The third-order valence-corrected chi connectivity index (χ3v) is 4.63. The van der Waals surface area contributed by atoms with E-state index in [1.54, 1.807) is 13.8 Å². The zero-order valence-corrected chi connectivity index (χ0v) is 17.1. The van der Waals surface area contributed by atoms with Gasteiger partial charge in [-0.05, 0) is 73.9 Å². The number of benzene rings is 2. The van der Waals surface area contributed by atoms with Gasteiger partial charge in [-0.15, -0.1) is 0 Å². The lowest BCUT2D eigenvalue weighted by Crippen LogP contribution is -2.56. The van der Waals surface area contributed by atoms with E-state index in [-0.39, 0.29) is 23.7 Å². The van der Waals surface area contributed by atoms with Crippen LogP contribution in [0.2, 0.25) is 0 Å². The Morgan fingerprint density at radius 3 is 2.07 bits per heavy atom. The number of nitrogens with one attached hydrogen (secondary N) is 2. The molecule has 0 aliphatic heterocycles. The van der Waals surface area contributed by atoms with Gasteiger partial charge in [-0.1, -0.05) is 0 Å². The van der Waals surface area contributed by atoms with Gasteiger partial charge in [0.05, 0.1) is 13.7 Å². The quantitative estimate of drug-likeness (QED) is 0.355. The van der Waals surface area contributed by atoms with E-state index >= 15 is 0 Å². The van der Waals surface area contributed by atoms with E-state index in [1.165, 1.54) is 50.4 Å². The normalized spacial score (nSPS) is 13.3. The monoisotopic (exact) mass is 423 g/mol. The van der Waals surface area contributed by atoms with Crippen molar-refractivity contribution in [2.75, 3.05) is 19.0 Å². The summed E-state index contributed by atoms with van der Waals surface area (Å²) in [4.78, 5) is 12.8. The Bertz CT molecular complexity index is 920. The van der Waals surface area contributed by atoms with E-state index in [1.807, 2.05) is 0 Å². The fourth-order valence-corrected chi connectivity index (χ4v) is 3.27. The second-order valence-corrected chi connectivity index (χ2v) is 6.73. The number of ether oxygens (including phenoxy) is 2. The number of halogens is 3. The second kappa shape index (κ2) is 8.64. The molecule has 30 heavy (non-hydrogen) atoms. The summed E-state index contributed by atoms with van der Waals surface area (Å²) in [5, 5.41) is 9.76. The molecule has 0 heterocycles. The molecular formula is C21H24F3N3O3. The Hall–Kier alpha value is -3.23. The van der Waals surface area contributed by atoms with Crippen LogP contribution in [0.5, 0.6) is 5.75 Å². The highest BCUT2D eigenvalue weighted by Gasteiger charge is 2.63. The zero-order valence-electron chi connectivity index (χ0n) is 17.1. The van der Waals surface area contributed by atoms with Crippen molar-refractivity contribution in [2.24, 2.45) is 5.73 Å². The average molecular weight is 423 g/mol. The molecule has 0 saturated heterocycles. The van der Waals surface area contributed by atoms with E-state index < -0.39 is 17.7 Å². The number of rotatable bonds is 7. The zero-order chi connectivity index (χ0) is 22.7. The fraction of sp³-hybridized carbons (Fsp3) is 0.333. The third kappa shape index (κ3) is 4.19. The lowest BCUT2D eigenvalue weighted by Gasteiger charge is -2.36. The van der Waals surface area contributed by atoms with E-state index in [2.05, 4.69) is 5.32 Å². The molecule has 0 aliphatic rings. The number of carbonyl (C=O) groups excluding carboxylic acids is 1. The Labute approximate surface area is 172 Å². The largest absolute Gasteiger partial charge is 0.496 e. The summed E-state index contributed by atoms with van der Waals surface area (Å²) in [6, 6.07) is 7.93. The maximum Gasteiger partial charge on any atom is 0.426 e. The van der Waals surface area contributed by atoms with Crippen LogP contribution in [0.3, 0.4) is 0 Å². The molecular weight excluding hydrogens is 399 g/mol. The minimum absolute atomic E-state index is 0.0107.